The summed E-state index contributed by atoms with van der Waals surface area (Å²) in [5.41, 5.74) is 1.26. The molecule has 1 saturated heterocycles. The SMILES string of the molecule is CC[C@H](c1ccc(Oc2ccccc2)c(Oc2ccccc2)c1)N1CCNCC1.Cl.Cl. The first kappa shape index (κ1) is 25.0. The lowest BCUT2D eigenvalue weighted by molar-refractivity contribution is 0.169. The fraction of sp³-hybridized carbons (Fsp3) is 0.280. The maximum Gasteiger partial charge on any atom is 0.170 e. The Labute approximate surface area is 197 Å². The monoisotopic (exact) mass is 460 g/mol. The predicted molar refractivity (Wildman–Crippen MR) is 131 cm³/mol. The van der Waals surface area contributed by atoms with Crippen LogP contribution in [0.3, 0.4) is 0 Å². The summed E-state index contributed by atoms with van der Waals surface area (Å²) >= 11 is 0. The molecule has 0 amide bonds. The van der Waals surface area contributed by atoms with Gasteiger partial charge in [-0.1, -0.05) is 49.4 Å². The molecule has 1 N–H and O–H groups in total. The molecule has 1 heterocycles. The van der Waals surface area contributed by atoms with Gasteiger partial charge in [0.1, 0.15) is 11.5 Å². The van der Waals surface area contributed by atoms with E-state index in [1.165, 1.54) is 5.56 Å². The summed E-state index contributed by atoms with van der Waals surface area (Å²) in [7, 11) is 0. The summed E-state index contributed by atoms with van der Waals surface area (Å²) in [6, 6.07) is 26.4. The van der Waals surface area contributed by atoms with Crippen LogP contribution in [0.15, 0.2) is 78.9 Å². The average Bonchev–Trinajstić information content (AvgIpc) is 2.78. The van der Waals surface area contributed by atoms with Gasteiger partial charge in [-0.3, -0.25) is 4.90 Å². The van der Waals surface area contributed by atoms with Crippen LogP contribution in [0, 0.1) is 0 Å². The molecule has 0 unspecified atom stereocenters. The van der Waals surface area contributed by atoms with Gasteiger partial charge in [0.2, 0.25) is 0 Å². The molecule has 0 aromatic heterocycles. The van der Waals surface area contributed by atoms with Crippen molar-refractivity contribution in [2.24, 2.45) is 0 Å². The summed E-state index contributed by atoms with van der Waals surface area (Å²) in [6.07, 6.45) is 1.06. The molecule has 1 aliphatic rings. The van der Waals surface area contributed by atoms with Crippen molar-refractivity contribution >= 4 is 24.8 Å². The Morgan fingerprint density at radius 3 is 1.87 bits per heavy atom. The van der Waals surface area contributed by atoms with Crippen molar-refractivity contribution in [1.29, 1.82) is 0 Å². The molecule has 1 atom stereocenters. The van der Waals surface area contributed by atoms with Gasteiger partial charge in [-0.2, -0.15) is 0 Å². The third-order valence-electron chi connectivity index (χ3n) is 5.27. The highest BCUT2D eigenvalue weighted by atomic mass is 35.5. The summed E-state index contributed by atoms with van der Waals surface area (Å²) in [5, 5.41) is 3.44. The highest BCUT2D eigenvalue weighted by Crippen LogP contribution is 2.38. The van der Waals surface area contributed by atoms with E-state index in [-0.39, 0.29) is 24.8 Å². The van der Waals surface area contributed by atoms with Crippen molar-refractivity contribution in [2.45, 2.75) is 19.4 Å². The van der Waals surface area contributed by atoms with E-state index in [0.29, 0.717) is 6.04 Å². The second kappa shape index (κ2) is 12.6. The van der Waals surface area contributed by atoms with Gasteiger partial charge in [0.05, 0.1) is 0 Å². The minimum absolute atomic E-state index is 0. The Morgan fingerprint density at radius 2 is 1.32 bits per heavy atom. The van der Waals surface area contributed by atoms with E-state index in [4.69, 9.17) is 9.47 Å². The fourth-order valence-corrected chi connectivity index (χ4v) is 3.83. The van der Waals surface area contributed by atoms with Crippen LogP contribution in [-0.2, 0) is 0 Å². The highest BCUT2D eigenvalue weighted by Gasteiger charge is 2.22. The molecule has 0 spiro atoms. The van der Waals surface area contributed by atoms with Crippen molar-refractivity contribution in [2.75, 3.05) is 26.2 Å². The molecule has 3 aromatic rings. The Balaban J connectivity index is 0.00000171. The van der Waals surface area contributed by atoms with Crippen molar-refractivity contribution < 1.29 is 9.47 Å². The van der Waals surface area contributed by atoms with Crippen LogP contribution in [0.4, 0.5) is 0 Å². The molecule has 6 heteroatoms. The number of nitrogens with zero attached hydrogens (tertiary/aromatic N) is 1. The number of benzene rings is 3. The zero-order valence-electron chi connectivity index (χ0n) is 17.7. The Bertz CT molecular complexity index is 904. The van der Waals surface area contributed by atoms with Gasteiger partial charge in [0, 0.05) is 32.2 Å². The molecule has 3 aromatic carbocycles. The molecular formula is C25H30Cl2N2O2. The summed E-state index contributed by atoms with van der Waals surface area (Å²) in [6.45, 7) is 6.46. The smallest absolute Gasteiger partial charge is 0.170 e. The second-order valence-electron chi connectivity index (χ2n) is 7.25. The van der Waals surface area contributed by atoms with E-state index in [1.807, 2.05) is 66.7 Å². The molecule has 0 radical (unpaired) electrons. The molecule has 4 rings (SSSR count). The first-order valence-electron chi connectivity index (χ1n) is 10.4. The molecule has 0 bridgehead atoms. The Kier molecular flexibility index (Phi) is 10.2. The quantitative estimate of drug-likeness (QED) is 0.437. The van der Waals surface area contributed by atoms with Crippen molar-refractivity contribution in [3.05, 3.63) is 84.4 Å². The van der Waals surface area contributed by atoms with E-state index in [9.17, 15) is 0 Å². The largest absolute Gasteiger partial charge is 0.453 e. The molecular weight excluding hydrogens is 431 g/mol. The van der Waals surface area contributed by atoms with Crippen LogP contribution in [0.2, 0.25) is 0 Å². The lowest BCUT2D eigenvalue weighted by Crippen LogP contribution is -2.45. The third kappa shape index (κ3) is 6.62. The topological polar surface area (TPSA) is 33.7 Å². The Morgan fingerprint density at radius 1 is 0.774 bits per heavy atom. The van der Waals surface area contributed by atoms with Gasteiger partial charge in [0.25, 0.3) is 0 Å². The minimum Gasteiger partial charge on any atom is -0.453 e. The van der Waals surface area contributed by atoms with Gasteiger partial charge < -0.3 is 14.8 Å². The van der Waals surface area contributed by atoms with Gasteiger partial charge >= 0.3 is 0 Å². The zero-order valence-corrected chi connectivity index (χ0v) is 19.3. The minimum atomic E-state index is 0. The van der Waals surface area contributed by atoms with Gasteiger partial charge in [-0.15, -0.1) is 24.8 Å². The highest BCUT2D eigenvalue weighted by molar-refractivity contribution is 5.85. The van der Waals surface area contributed by atoms with Crippen LogP contribution in [-0.4, -0.2) is 31.1 Å². The standard InChI is InChI=1S/C25H28N2O2.2ClH/c1-2-23(27-17-15-26-16-18-27)20-13-14-24(28-21-9-5-3-6-10-21)25(19-20)29-22-11-7-4-8-12-22;;/h3-14,19,23,26H,2,15-18H2,1H3;2*1H/t23-;;/m1../s1. The fourth-order valence-electron chi connectivity index (χ4n) is 3.83. The summed E-state index contributed by atoms with van der Waals surface area (Å²) in [4.78, 5) is 2.55. The number of ether oxygens (including phenoxy) is 2. The van der Waals surface area contributed by atoms with E-state index >= 15 is 0 Å². The van der Waals surface area contributed by atoms with Crippen LogP contribution in [0.5, 0.6) is 23.0 Å². The summed E-state index contributed by atoms with van der Waals surface area (Å²) in [5.74, 6) is 3.06. The van der Waals surface area contributed by atoms with Crippen LogP contribution < -0.4 is 14.8 Å². The lowest BCUT2D eigenvalue weighted by Gasteiger charge is -2.35. The van der Waals surface area contributed by atoms with Crippen LogP contribution in [0.1, 0.15) is 24.9 Å². The van der Waals surface area contributed by atoms with Crippen molar-refractivity contribution in [3.63, 3.8) is 0 Å². The van der Waals surface area contributed by atoms with Gasteiger partial charge in [-0.05, 0) is 48.4 Å². The van der Waals surface area contributed by atoms with Gasteiger partial charge in [-0.25, -0.2) is 0 Å². The first-order chi connectivity index (χ1) is 14.3. The molecule has 0 saturated carbocycles. The lowest BCUT2D eigenvalue weighted by atomic mass is 10.0. The number of piperazine rings is 1. The molecule has 31 heavy (non-hydrogen) atoms. The van der Waals surface area contributed by atoms with E-state index in [2.05, 4.69) is 29.3 Å². The number of hydrogen-bond acceptors (Lipinski definition) is 4. The van der Waals surface area contributed by atoms with Gasteiger partial charge in [0.15, 0.2) is 11.5 Å². The zero-order chi connectivity index (χ0) is 19.9. The van der Waals surface area contributed by atoms with E-state index in [0.717, 1.165) is 55.6 Å². The number of nitrogens with one attached hydrogen (secondary N) is 1. The maximum atomic E-state index is 6.25. The van der Waals surface area contributed by atoms with Crippen molar-refractivity contribution in [3.8, 4) is 23.0 Å². The number of rotatable bonds is 7. The molecule has 1 aliphatic heterocycles. The van der Waals surface area contributed by atoms with Crippen LogP contribution >= 0.6 is 24.8 Å². The van der Waals surface area contributed by atoms with Crippen LogP contribution in [0.25, 0.3) is 0 Å². The normalized spacial score (nSPS) is 14.6. The number of halogens is 2. The molecule has 166 valence electrons. The Hall–Kier alpha value is -2.24. The molecule has 0 aliphatic carbocycles. The van der Waals surface area contributed by atoms with E-state index in [1.54, 1.807) is 0 Å². The molecule has 4 nitrogen and oxygen atoms in total. The second-order valence-corrected chi connectivity index (χ2v) is 7.25. The average molecular weight is 461 g/mol. The van der Waals surface area contributed by atoms with Crippen molar-refractivity contribution in [1.82, 2.24) is 10.2 Å². The summed E-state index contributed by atoms with van der Waals surface area (Å²) < 4.78 is 12.4. The molecule has 1 fully saturated rings. The number of para-hydroxylation sites is 2. The maximum absolute atomic E-state index is 6.25. The van der Waals surface area contributed by atoms with E-state index < -0.39 is 0 Å². The predicted octanol–water partition coefficient (Wildman–Crippen LogP) is 6.47. The first-order valence-corrected chi connectivity index (χ1v) is 10.4. The number of hydrogen-bond donors (Lipinski definition) is 1. The third-order valence-corrected chi connectivity index (χ3v) is 5.27.